The third kappa shape index (κ3) is 2.47. The lowest BCUT2D eigenvalue weighted by Crippen LogP contribution is -2.79. The summed E-state index contributed by atoms with van der Waals surface area (Å²) in [4.78, 5) is 13.9. The summed E-state index contributed by atoms with van der Waals surface area (Å²) in [7, 11) is 0. The minimum Gasteiger partial charge on any atom is -0.390 e. The molecule has 0 radical (unpaired) electrons. The van der Waals surface area contributed by atoms with E-state index >= 15 is 0 Å². The summed E-state index contributed by atoms with van der Waals surface area (Å²) in [6, 6.07) is 0. The molecule has 0 aromatic carbocycles. The topological polar surface area (TPSA) is 116 Å². The summed E-state index contributed by atoms with van der Waals surface area (Å²) in [5.74, 6) is -1.75. The molecule has 0 aromatic heterocycles. The Hall–Kier alpha value is -0.480. The highest BCUT2D eigenvalue weighted by atomic mass is 32.2. The van der Waals surface area contributed by atoms with Gasteiger partial charge in [0.25, 0.3) is 0 Å². The Labute approximate surface area is 183 Å². The zero-order valence-electron chi connectivity index (χ0n) is 19.2. The van der Waals surface area contributed by atoms with E-state index in [0.717, 1.165) is 12.0 Å². The molecule has 4 N–H and O–H groups in total. The number of rotatable bonds is 2. The van der Waals surface area contributed by atoms with Crippen LogP contribution in [0.2, 0.25) is 0 Å². The van der Waals surface area contributed by atoms with Crippen molar-refractivity contribution in [3.05, 3.63) is 11.1 Å². The fourth-order valence-corrected chi connectivity index (χ4v) is 7.23. The van der Waals surface area contributed by atoms with Crippen LogP contribution < -0.4 is 0 Å². The van der Waals surface area contributed by atoms with Gasteiger partial charge in [-0.2, -0.15) is 0 Å². The second-order valence-corrected chi connectivity index (χ2v) is 10.9. The van der Waals surface area contributed by atoms with Gasteiger partial charge in [0.15, 0.2) is 5.78 Å². The molecule has 2 saturated carbocycles. The van der Waals surface area contributed by atoms with Crippen LogP contribution in [-0.2, 0) is 13.7 Å². The molecule has 2 bridgehead atoms. The molecule has 170 valence electrons. The normalized spacial score (nSPS) is 53.1. The highest BCUT2D eigenvalue weighted by Crippen LogP contribution is 2.63. The Balaban J connectivity index is 1.96. The highest BCUT2D eigenvalue weighted by molar-refractivity contribution is 7.93. The number of carbonyl (C=O) groups is 1. The second-order valence-electron chi connectivity index (χ2n) is 10.5. The van der Waals surface area contributed by atoms with E-state index < -0.39 is 58.1 Å². The van der Waals surface area contributed by atoms with E-state index in [1.165, 1.54) is 0 Å². The molecule has 9 atom stereocenters. The molecule has 4 aliphatic rings. The standard InChI is InChI=1S/C22H34O7S/c1-10-7-13-21(26,9-28-13)16-18(25)22(27)8-12(29-30-6)11(2)14(19(22,3)4)15(23)17(24)20(10,16)5/h10,12-13,15-16,18,23,25-27H,7-9H2,1-6H3/t10-,12-,13+,15+,16-,18?,20+,21-,22+/m0/s1/i6T. The predicted octanol–water partition coefficient (Wildman–Crippen LogP) is 1.22. The minimum atomic E-state index is -1.78. The van der Waals surface area contributed by atoms with Crippen molar-refractivity contribution >= 4 is 17.8 Å². The third-order valence-electron chi connectivity index (χ3n) is 9.05. The summed E-state index contributed by atoms with van der Waals surface area (Å²) in [5.41, 5.74) is -4.68. The molecule has 3 aliphatic carbocycles. The second kappa shape index (κ2) is 6.76. The molecule has 4 rings (SSSR count). The third-order valence-corrected chi connectivity index (χ3v) is 9.42. The molecule has 1 aliphatic heterocycles. The van der Waals surface area contributed by atoms with Gasteiger partial charge in [-0.3, -0.25) is 4.79 Å². The Morgan fingerprint density at radius 1 is 1.27 bits per heavy atom. The van der Waals surface area contributed by atoms with Crippen LogP contribution in [-0.4, -0.2) is 74.7 Å². The summed E-state index contributed by atoms with van der Waals surface area (Å²) in [6.45, 7) is 8.74. The molecule has 0 aromatic rings. The van der Waals surface area contributed by atoms with Crippen LogP contribution in [0, 0.1) is 22.7 Å². The lowest BCUT2D eigenvalue weighted by molar-refractivity contribution is -0.338. The van der Waals surface area contributed by atoms with Crippen molar-refractivity contribution in [2.45, 2.75) is 83.1 Å². The fourth-order valence-electron chi connectivity index (χ4n) is 6.85. The minimum absolute atomic E-state index is 0.0208. The van der Waals surface area contributed by atoms with Crippen molar-refractivity contribution in [2.24, 2.45) is 22.7 Å². The molecular weight excluding hydrogens is 408 g/mol. The first-order chi connectivity index (χ1) is 14.3. The van der Waals surface area contributed by atoms with Gasteiger partial charge in [-0.25, -0.2) is 0 Å². The van der Waals surface area contributed by atoms with Crippen LogP contribution in [0.25, 0.3) is 0 Å². The van der Waals surface area contributed by atoms with Crippen molar-refractivity contribution in [1.29, 1.82) is 0 Å². The number of fused-ring (bicyclic) bond motifs is 5. The van der Waals surface area contributed by atoms with E-state index in [1.807, 2.05) is 6.92 Å². The number of ether oxygens (including phenoxy) is 1. The number of Topliss-reactive ketones (excluding diaryl/α,β-unsaturated/α-hetero) is 1. The maximum atomic E-state index is 13.9. The zero-order valence-corrected chi connectivity index (χ0v) is 19.0. The molecule has 3 fully saturated rings. The molecule has 0 amide bonds. The van der Waals surface area contributed by atoms with Crippen molar-refractivity contribution in [3.63, 3.8) is 0 Å². The predicted molar refractivity (Wildman–Crippen MR) is 112 cm³/mol. The van der Waals surface area contributed by atoms with Gasteiger partial charge in [0.05, 0.1) is 24.9 Å². The first-order valence-electron chi connectivity index (χ1n) is 11.2. The van der Waals surface area contributed by atoms with Crippen LogP contribution in [0.3, 0.4) is 0 Å². The Morgan fingerprint density at radius 3 is 2.50 bits per heavy atom. The van der Waals surface area contributed by atoms with Crippen LogP contribution in [0.15, 0.2) is 11.1 Å². The molecule has 8 heteroatoms. The summed E-state index contributed by atoms with van der Waals surface area (Å²) in [6.07, 6.45) is -3.78. The van der Waals surface area contributed by atoms with Gasteiger partial charge in [0.2, 0.25) is 0 Å². The van der Waals surface area contributed by atoms with Crippen LogP contribution in [0.1, 0.15) is 48.8 Å². The van der Waals surface area contributed by atoms with Crippen LogP contribution >= 0.6 is 12.0 Å². The van der Waals surface area contributed by atoms with E-state index in [1.54, 1.807) is 27.7 Å². The van der Waals surface area contributed by atoms with Crippen molar-refractivity contribution in [3.8, 4) is 0 Å². The quantitative estimate of drug-likeness (QED) is 0.371. The number of carbonyl (C=O) groups excluding carboxylic acids is 1. The number of aliphatic hydroxyl groups is 4. The summed E-state index contributed by atoms with van der Waals surface area (Å²) in [5, 5.41) is 46.8. The number of hydrogen-bond acceptors (Lipinski definition) is 8. The molecule has 1 heterocycles. The average Bonchev–Trinajstić information content (AvgIpc) is 2.70. The van der Waals surface area contributed by atoms with E-state index in [0.29, 0.717) is 17.6 Å². The summed E-state index contributed by atoms with van der Waals surface area (Å²) < 4.78 is 18.7. The first-order valence-corrected chi connectivity index (χ1v) is 11.4. The van der Waals surface area contributed by atoms with Gasteiger partial charge in [0, 0.05) is 30.8 Å². The fraction of sp³-hybridized carbons (Fsp3) is 0.864. The van der Waals surface area contributed by atoms with E-state index in [4.69, 9.17) is 10.3 Å². The number of hydrogen-bond donors (Lipinski definition) is 4. The smallest absolute Gasteiger partial charge is 0.172 e. The molecule has 1 unspecified atom stereocenters. The number of aliphatic hydroxyl groups excluding tert-OH is 2. The molecule has 30 heavy (non-hydrogen) atoms. The lowest BCUT2D eigenvalue weighted by Gasteiger charge is -2.67. The van der Waals surface area contributed by atoms with Crippen molar-refractivity contribution < 1.29 is 35.5 Å². The Morgan fingerprint density at radius 2 is 1.93 bits per heavy atom. The zero-order chi connectivity index (χ0) is 23.1. The van der Waals surface area contributed by atoms with Gasteiger partial charge in [-0.05, 0) is 42.5 Å². The van der Waals surface area contributed by atoms with Crippen LogP contribution in [0.4, 0.5) is 0 Å². The lowest BCUT2D eigenvalue weighted by atomic mass is 9.43. The summed E-state index contributed by atoms with van der Waals surface area (Å²) >= 11 is 0.909. The highest BCUT2D eigenvalue weighted by Gasteiger charge is 2.74. The molecule has 1 saturated heterocycles. The molecular formula is C22H34O7S. The Bertz CT molecular complexity index is 818. The van der Waals surface area contributed by atoms with Crippen LogP contribution in [0.5, 0.6) is 0 Å². The monoisotopic (exact) mass is 444 g/mol. The van der Waals surface area contributed by atoms with Gasteiger partial charge >= 0.3 is 0 Å². The Kier molecular flexibility index (Phi) is 4.82. The van der Waals surface area contributed by atoms with E-state index in [9.17, 15) is 25.2 Å². The van der Waals surface area contributed by atoms with E-state index in [-0.39, 0.29) is 25.2 Å². The van der Waals surface area contributed by atoms with Crippen molar-refractivity contribution in [2.75, 3.05) is 12.8 Å². The molecule has 0 spiro atoms. The average molecular weight is 445 g/mol. The largest absolute Gasteiger partial charge is 0.390 e. The van der Waals surface area contributed by atoms with Gasteiger partial charge < -0.3 is 29.3 Å². The van der Waals surface area contributed by atoms with Gasteiger partial charge in [-0.15, -0.1) is 0 Å². The van der Waals surface area contributed by atoms with Gasteiger partial charge in [-0.1, -0.05) is 27.7 Å². The maximum absolute atomic E-state index is 13.9. The molecule has 7 nitrogen and oxygen atoms in total. The van der Waals surface area contributed by atoms with Gasteiger partial charge in [0.1, 0.15) is 17.3 Å². The first kappa shape index (κ1) is 21.4. The maximum Gasteiger partial charge on any atom is 0.172 e. The number of ketones is 1. The van der Waals surface area contributed by atoms with E-state index in [2.05, 4.69) is 0 Å². The van der Waals surface area contributed by atoms with Crippen molar-refractivity contribution in [1.82, 2.24) is 0 Å². The SMILES string of the molecule is [3H]CSO[C@H]1C[C@@]2(O)C(O)[C@@H]3[C@]4(O)CO[C@@H]4C[C@H](C)[C@@]3(C)C(=O)[C@H](O)C(=C1C)C2(C)C.